The van der Waals surface area contributed by atoms with Gasteiger partial charge in [0.1, 0.15) is 5.75 Å². The van der Waals surface area contributed by atoms with Gasteiger partial charge in [0.05, 0.1) is 20.6 Å². The number of rotatable bonds is 5. The molecule has 1 atom stereocenters. The van der Waals surface area contributed by atoms with Crippen LogP contribution in [0, 0.1) is 0 Å². The summed E-state index contributed by atoms with van der Waals surface area (Å²) in [6, 6.07) is 21.6. The van der Waals surface area contributed by atoms with Gasteiger partial charge in [-0.2, -0.15) is 0 Å². The van der Waals surface area contributed by atoms with Crippen molar-refractivity contribution in [2.24, 2.45) is 0 Å². The molecule has 0 aromatic heterocycles. The van der Waals surface area contributed by atoms with Gasteiger partial charge in [-0.05, 0) is 60.9 Å². The number of fused-ring (bicyclic) bond motifs is 1. The van der Waals surface area contributed by atoms with Crippen LogP contribution in [0.15, 0.2) is 77.7 Å². The van der Waals surface area contributed by atoms with E-state index in [0.29, 0.717) is 37.3 Å². The summed E-state index contributed by atoms with van der Waals surface area (Å²) in [6.45, 7) is 1.83. The molecule has 0 amide bonds. The van der Waals surface area contributed by atoms with E-state index in [2.05, 4.69) is 0 Å². The largest absolute Gasteiger partial charge is 0.406 e. The number of Topliss-reactive ketones (excluding diaryl/α,β-unsaturated/α-hetero) is 1. The van der Waals surface area contributed by atoms with Crippen molar-refractivity contribution in [3.05, 3.63) is 94.5 Å². The molecule has 0 spiro atoms. The van der Waals surface area contributed by atoms with Crippen LogP contribution in [0.1, 0.15) is 34.3 Å². The average Bonchev–Trinajstić information content (AvgIpc) is 3.41. The van der Waals surface area contributed by atoms with Gasteiger partial charge >= 0.3 is 0 Å². The summed E-state index contributed by atoms with van der Waals surface area (Å²) < 4.78 is 13.3. The highest BCUT2D eigenvalue weighted by Crippen LogP contribution is 2.43. The number of carbonyl (C=O) groups excluding carboxylic acids is 1. The van der Waals surface area contributed by atoms with Gasteiger partial charge in [-0.15, -0.1) is 5.06 Å². The Hall–Kier alpha value is -2.73. The van der Waals surface area contributed by atoms with Crippen molar-refractivity contribution in [3.8, 4) is 5.75 Å². The lowest BCUT2D eigenvalue weighted by atomic mass is 9.94. The Morgan fingerprint density at radius 1 is 0.903 bits per heavy atom. The van der Waals surface area contributed by atoms with Crippen molar-refractivity contribution in [3.63, 3.8) is 0 Å². The zero-order valence-corrected chi connectivity index (χ0v) is 18.3. The minimum atomic E-state index is -1.44. The van der Waals surface area contributed by atoms with E-state index in [-0.39, 0.29) is 5.78 Å². The first-order chi connectivity index (χ1) is 15.1. The van der Waals surface area contributed by atoms with Crippen LogP contribution < -0.4 is 4.84 Å². The predicted molar refractivity (Wildman–Crippen MR) is 123 cm³/mol. The first kappa shape index (κ1) is 20.2. The lowest BCUT2D eigenvalue weighted by Gasteiger charge is -2.16. The van der Waals surface area contributed by atoms with E-state index in [1.54, 1.807) is 24.3 Å². The second-order valence-corrected chi connectivity index (χ2v) is 9.38. The van der Waals surface area contributed by atoms with Crippen LogP contribution in [-0.4, -0.2) is 28.1 Å². The van der Waals surface area contributed by atoms with E-state index in [1.165, 1.54) is 0 Å². The van der Waals surface area contributed by atoms with Crippen molar-refractivity contribution in [2.75, 3.05) is 13.1 Å². The third-order valence-corrected chi connectivity index (χ3v) is 7.34. The van der Waals surface area contributed by atoms with Crippen LogP contribution in [0.4, 0.5) is 0 Å². The molecule has 6 heteroatoms. The normalized spacial score (nSPS) is 18.3. The summed E-state index contributed by atoms with van der Waals surface area (Å²) in [7, 11) is -1.44. The molecule has 1 unspecified atom stereocenters. The molecule has 1 saturated heterocycles. The molecule has 0 bridgehead atoms. The maximum atomic E-state index is 13.6. The molecule has 0 radical (unpaired) electrons. The summed E-state index contributed by atoms with van der Waals surface area (Å²) in [4.78, 5) is 20.6. The molecule has 5 rings (SSSR count). The molecule has 3 aromatic carbocycles. The van der Waals surface area contributed by atoms with E-state index in [9.17, 15) is 9.00 Å². The number of hydrogen-bond donors (Lipinski definition) is 0. The fourth-order valence-electron chi connectivity index (χ4n) is 3.98. The number of nitrogens with zero attached hydrogens (tertiary/aromatic N) is 1. The molecule has 1 fully saturated rings. The molecule has 4 nitrogen and oxygen atoms in total. The van der Waals surface area contributed by atoms with Gasteiger partial charge in [0.25, 0.3) is 0 Å². The highest BCUT2D eigenvalue weighted by molar-refractivity contribution is 7.95. The second-order valence-electron chi connectivity index (χ2n) is 7.56. The van der Waals surface area contributed by atoms with Crippen LogP contribution in [0.25, 0.3) is 10.5 Å². The molecule has 2 heterocycles. The number of benzene rings is 3. The summed E-state index contributed by atoms with van der Waals surface area (Å²) in [5, 5.41) is 2.53. The number of ketones is 1. The molecule has 156 valence electrons. The van der Waals surface area contributed by atoms with Gasteiger partial charge < -0.3 is 4.84 Å². The molecule has 31 heavy (non-hydrogen) atoms. The second kappa shape index (κ2) is 8.42. The lowest BCUT2D eigenvalue weighted by molar-refractivity contribution is -0.0346. The molecule has 0 saturated carbocycles. The summed E-state index contributed by atoms with van der Waals surface area (Å²) in [5.74, 6) is 0.553. The van der Waals surface area contributed by atoms with Crippen molar-refractivity contribution in [2.45, 2.75) is 17.7 Å². The van der Waals surface area contributed by atoms with E-state index in [1.807, 2.05) is 53.6 Å². The average molecular weight is 450 g/mol. The zero-order valence-electron chi connectivity index (χ0n) is 16.7. The summed E-state index contributed by atoms with van der Waals surface area (Å²) in [6.07, 6.45) is 2.27. The number of hydroxylamine groups is 2. The van der Waals surface area contributed by atoms with Crippen LogP contribution in [0.2, 0.25) is 5.02 Å². The maximum absolute atomic E-state index is 13.6. The van der Waals surface area contributed by atoms with Crippen LogP contribution in [-0.2, 0) is 10.8 Å². The minimum Gasteiger partial charge on any atom is -0.406 e. The van der Waals surface area contributed by atoms with E-state index >= 15 is 0 Å². The fraction of sp³-hybridized carbons (Fsp3) is 0.160. The molecule has 0 N–H and O–H groups in total. The Kier molecular flexibility index (Phi) is 5.48. The standard InChI is InChI=1S/C25H20ClNO3S/c26-19-11-7-18(8-12-19)25-23(21-5-1-2-6-22(21)31(25)29)24(28)17-9-13-20(14-10-17)30-27-15-3-4-16-27/h1-2,5-14H,3-4,15-16H2. The minimum absolute atomic E-state index is 0.157. The summed E-state index contributed by atoms with van der Waals surface area (Å²) in [5.41, 5.74) is 2.46. The fourth-order valence-corrected chi connectivity index (χ4v) is 5.63. The Morgan fingerprint density at radius 2 is 1.58 bits per heavy atom. The van der Waals surface area contributed by atoms with Gasteiger partial charge in [0, 0.05) is 34.8 Å². The Morgan fingerprint density at radius 3 is 2.29 bits per heavy atom. The molecule has 0 aliphatic carbocycles. The lowest BCUT2D eigenvalue weighted by Crippen LogP contribution is -2.23. The molecule has 3 aromatic rings. The third kappa shape index (κ3) is 3.85. The maximum Gasteiger partial charge on any atom is 0.194 e. The smallest absolute Gasteiger partial charge is 0.194 e. The van der Waals surface area contributed by atoms with E-state index < -0.39 is 10.8 Å². The highest BCUT2D eigenvalue weighted by Gasteiger charge is 2.33. The molecule has 2 aliphatic rings. The number of allylic oxidation sites excluding steroid dienone is 1. The Bertz CT molecular complexity index is 1200. The monoisotopic (exact) mass is 449 g/mol. The number of hydrogen-bond acceptors (Lipinski definition) is 4. The van der Waals surface area contributed by atoms with Gasteiger partial charge in [-0.25, -0.2) is 4.21 Å². The van der Waals surface area contributed by atoms with Crippen molar-refractivity contribution >= 4 is 38.7 Å². The van der Waals surface area contributed by atoms with Crippen molar-refractivity contribution < 1.29 is 13.8 Å². The van der Waals surface area contributed by atoms with Crippen molar-refractivity contribution in [1.82, 2.24) is 5.06 Å². The predicted octanol–water partition coefficient (Wildman–Crippen LogP) is 5.60. The Balaban J connectivity index is 1.54. The highest BCUT2D eigenvalue weighted by atomic mass is 35.5. The quantitative estimate of drug-likeness (QED) is 0.475. The van der Waals surface area contributed by atoms with Gasteiger partial charge in [0.15, 0.2) is 5.78 Å². The summed E-state index contributed by atoms with van der Waals surface area (Å²) >= 11 is 6.04. The van der Waals surface area contributed by atoms with Gasteiger partial charge in [-0.3, -0.25) is 4.79 Å². The van der Waals surface area contributed by atoms with Crippen LogP contribution in [0.3, 0.4) is 0 Å². The molecular formula is C25H20ClNO3S. The number of halogens is 1. The Labute approximate surface area is 188 Å². The number of carbonyl (C=O) groups is 1. The third-order valence-electron chi connectivity index (χ3n) is 5.52. The molecule has 2 aliphatic heterocycles. The first-order valence-corrected chi connectivity index (χ1v) is 11.7. The van der Waals surface area contributed by atoms with Crippen molar-refractivity contribution in [1.29, 1.82) is 0 Å². The first-order valence-electron chi connectivity index (χ1n) is 10.2. The topological polar surface area (TPSA) is 46.6 Å². The zero-order chi connectivity index (χ0) is 21.4. The van der Waals surface area contributed by atoms with Gasteiger partial charge in [0.2, 0.25) is 0 Å². The van der Waals surface area contributed by atoms with Crippen LogP contribution in [0.5, 0.6) is 5.75 Å². The molecular weight excluding hydrogens is 430 g/mol. The SMILES string of the molecule is O=C(C1=C(c2ccc(Cl)cc2)S(=O)c2ccccc21)c1ccc(ON2CCCC2)cc1. The van der Waals surface area contributed by atoms with Gasteiger partial charge in [-0.1, -0.05) is 41.9 Å². The van der Waals surface area contributed by atoms with E-state index in [4.69, 9.17) is 16.4 Å². The van der Waals surface area contributed by atoms with Crippen LogP contribution >= 0.6 is 11.6 Å². The van der Waals surface area contributed by atoms with E-state index in [0.717, 1.165) is 31.5 Å².